The van der Waals surface area contributed by atoms with Gasteiger partial charge in [0.05, 0.1) is 22.4 Å². The van der Waals surface area contributed by atoms with Crippen molar-refractivity contribution in [2.45, 2.75) is 13.8 Å². The summed E-state index contributed by atoms with van der Waals surface area (Å²) in [5.41, 5.74) is 15.3. The second kappa shape index (κ2) is 11.3. The zero-order valence-electron chi connectivity index (χ0n) is 27.6. The van der Waals surface area contributed by atoms with E-state index in [1.807, 2.05) is 44.3 Å². The lowest BCUT2D eigenvalue weighted by Gasteiger charge is -2.24. The SMILES string of the molecule is CNc1ccc2nc3cc(C)c(-c4cc5nc6cc(C)c(=O)cc-6n(-c6ccccc6)c5cc4N(C)C)cc3[n+](-c3ccccc3)c2c1. The monoisotopic (exact) mass is 627 g/mol. The molecule has 0 spiro atoms. The summed E-state index contributed by atoms with van der Waals surface area (Å²) in [5, 5.41) is 3.29. The van der Waals surface area contributed by atoms with E-state index in [0.29, 0.717) is 5.56 Å². The number of benzene rings is 6. The number of aromatic nitrogens is 4. The van der Waals surface area contributed by atoms with Crippen LogP contribution < -0.4 is 20.2 Å². The largest absolute Gasteiger partial charge is 0.388 e. The Morgan fingerprint density at radius 3 is 2.15 bits per heavy atom. The highest BCUT2D eigenvalue weighted by Crippen LogP contribution is 2.39. The number of anilines is 2. The molecule has 0 saturated heterocycles. The Bertz CT molecular complexity index is 2560. The van der Waals surface area contributed by atoms with Gasteiger partial charge in [0.25, 0.3) is 0 Å². The molecule has 2 heterocycles. The molecule has 0 atom stereocenters. The van der Waals surface area contributed by atoms with E-state index in [1.165, 1.54) is 0 Å². The van der Waals surface area contributed by atoms with E-state index in [4.69, 9.17) is 9.97 Å². The predicted molar refractivity (Wildman–Crippen MR) is 197 cm³/mol. The number of fused-ring (bicyclic) bond motifs is 4. The Morgan fingerprint density at radius 2 is 1.42 bits per heavy atom. The topological polar surface area (TPSA) is 66.9 Å². The first-order valence-electron chi connectivity index (χ1n) is 16.1. The first-order chi connectivity index (χ1) is 23.3. The first kappa shape index (κ1) is 29.3. The molecule has 7 nitrogen and oxygen atoms in total. The van der Waals surface area contributed by atoms with Gasteiger partial charge in [-0.15, -0.1) is 4.57 Å². The number of nitrogens with zero attached hydrogens (tertiary/aromatic N) is 5. The van der Waals surface area contributed by atoms with E-state index in [-0.39, 0.29) is 5.43 Å². The van der Waals surface area contributed by atoms with Crippen molar-refractivity contribution in [2.75, 3.05) is 31.4 Å². The van der Waals surface area contributed by atoms with Crippen LogP contribution >= 0.6 is 0 Å². The van der Waals surface area contributed by atoms with Crippen molar-refractivity contribution in [1.82, 2.24) is 14.5 Å². The molecule has 1 N–H and O–H groups in total. The van der Waals surface area contributed by atoms with Crippen molar-refractivity contribution < 1.29 is 4.57 Å². The molecule has 0 fully saturated rings. The van der Waals surface area contributed by atoms with Crippen molar-refractivity contribution in [1.29, 1.82) is 0 Å². The molecule has 48 heavy (non-hydrogen) atoms. The Labute approximate surface area is 278 Å². The van der Waals surface area contributed by atoms with Crippen molar-refractivity contribution in [2.24, 2.45) is 0 Å². The number of hydrogen-bond donors (Lipinski definition) is 1. The van der Waals surface area contributed by atoms with E-state index in [2.05, 4.69) is 119 Å². The van der Waals surface area contributed by atoms with Crippen molar-refractivity contribution in [3.63, 3.8) is 0 Å². The van der Waals surface area contributed by atoms with Gasteiger partial charge in [0.15, 0.2) is 5.43 Å². The van der Waals surface area contributed by atoms with Gasteiger partial charge in [0.1, 0.15) is 11.0 Å². The second-order valence-corrected chi connectivity index (χ2v) is 12.5. The molecule has 0 radical (unpaired) electrons. The number of para-hydroxylation sites is 2. The third-order valence-corrected chi connectivity index (χ3v) is 9.20. The van der Waals surface area contributed by atoms with Crippen LogP contribution in [0.3, 0.4) is 0 Å². The van der Waals surface area contributed by atoms with Gasteiger partial charge < -0.3 is 14.8 Å². The summed E-state index contributed by atoms with van der Waals surface area (Å²) < 4.78 is 4.46. The molecule has 5 aromatic carbocycles. The highest BCUT2D eigenvalue weighted by Gasteiger charge is 2.24. The maximum absolute atomic E-state index is 12.9. The van der Waals surface area contributed by atoms with Gasteiger partial charge in [0.2, 0.25) is 16.7 Å². The molecular weight excluding hydrogens is 592 g/mol. The Kier molecular flexibility index (Phi) is 6.91. The molecule has 8 rings (SSSR count). The summed E-state index contributed by atoms with van der Waals surface area (Å²) in [6.07, 6.45) is 0. The molecule has 6 aromatic rings. The molecule has 0 bridgehead atoms. The smallest absolute Gasteiger partial charge is 0.239 e. The maximum Gasteiger partial charge on any atom is 0.239 e. The minimum absolute atomic E-state index is 0.000680. The Hall–Kier alpha value is -6.08. The summed E-state index contributed by atoms with van der Waals surface area (Å²) in [6.45, 7) is 4.00. The van der Waals surface area contributed by atoms with E-state index in [0.717, 1.165) is 83.9 Å². The number of hydrogen-bond acceptors (Lipinski definition) is 5. The third kappa shape index (κ3) is 4.74. The van der Waals surface area contributed by atoms with Crippen molar-refractivity contribution >= 4 is 44.5 Å². The molecule has 1 aromatic heterocycles. The number of nitrogens with one attached hydrogen (secondary N) is 1. The molecule has 0 unspecified atom stereocenters. The summed E-state index contributed by atoms with van der Waals surface area (Å²) in [5.74, 6) is 0. The van der Waals surface area contributed by atoms with Gasteiger partial charge in [-0.1, -0.05) is 36.4 Å². The highest BCUT2D eigenvalue weighted by atomic mass is 16.1. The third-order valence-electron chi connectivity index (χ3n) is 9.20. The molecule has 7 heteroatoms. The fraction of sp³-hybridized carbons (Fsp3) is 0.122. The summed E-state index contributed by atoms with van der Waals surface area (Å²) in [4.78, 5) is 25.4. The Balaban J connectivity index is 1.47. The summed E-state index contributed by atoms with van der Waals surface area (Å²) in [6, 6.07) is 39.4. The second-order valence-electron chi connectivity index (χ2n) is 12.5. The lowest BCUT2D eigenvalue weighted by molar-refractivity contribution is -0.538. The van der Waals surface area contributed by atoms with Crippen molar-refractivity contribution in [3.8, 4) is 33.9 Å². The standard InChI is InChI=1S/C41H34N6O/c1-25-18-33-38(46(28-12-8-6-9-13-28)37-20-27(42-3)16-17-32(37)43-33)22-30(25)31-21-35-39(23-36(31)45(4)5)47(29-14-10-7-11-15-29)40-24-41(48)26(2)19-34(40)44-35/h6-24H,1-5H3/p+1. The highest BCUT2D eigenvalue weighted by molar-refractivity contribution is 5.97. The van der Waals surface area contributed by atoms with E-state index >= 15 is 0 Å². The maximum atomic E-state index is 12.9. The van der Waals surface area contributed by atoms with Gasteiger partial charge in [-0.2, -0.15) is 0 Å². The van der Waals surface area contributed by atoms with Crippen LogP contribution in [0.25, 0.3) is 67.0 Å². The molecule has 1 aliphatic heterocycles. The molecule has 1 aliphatic carbocycles. The van der Waals surface area contributed by atoms with Gasteiger partial charge in [-0.25, -0.2) is 9.97 Å². The summed E-state index contributed by atoms with van der Waals surface area (Å²) in [7, 11) is 6.08. The predicted octanol–water partition coefficient (Wildman–Crippen LogP) is 7.86. The van der Waals surface area contributed by atoms with Gasteiger partial charge in [0, 0.05) is 74.1 Å². The number of rotatable bonds is 5. The quantitative estimate of drug-likeness (QED) is 0.155. The first-order valence-corrected chi connectivity index (χ1v) is 16.1. The minimum atomic E-state index is -0.000680. The molecule has 234 valence electrons. The average molecular weight is 628 g/mol. The molecule has 0 amide bonds. The lowest BCUT2D eigenvalue weighted by atomic mass is 9.96. The average Bonchev–Trinajstić information content (AvgIpc) is 3.10. The van der Waals surface area contributed by atoms with Crippen LogP contribution in [0.4, 0.5) is 11.4 Å². The van der Waals surface area contributed by atoms with Crippen LogP contribution in [0.2, 0.25) is 0 Å². The van der Waals surface area contributed by atoms with Crippen LogP contribution in [-0.2, 0) is 0 Å². The fourth-order valence-electron chi connectivity index (χ4n) is 6.77. The number of aryl methyl sites for hydroxylation is 2. The zero-order chi connectivity index (χ0) is 33.1. The van der Waals surface area contributed by atoms with Crippen LogP contribution in [0.5, 0.6) is 0 Å². The van der Waals surface area contributed by atoms with Gasteiger partial charge >= 0.3 is 0 Å². The zero-order valence-corrected chi connectivity index (χ0v) is 27.6. The van der Waals surface area contributed by atoms with E-state index < -0.39 is 0 Å². The van der Waals surface area contributed by atoms with Crippen LogP contribution in [0.15, 0.2) is 120 Å². The van der Waals surface area contributed by atoms with E-state index in [9.17, 15) is 4.79 Å². The van der Waals surface area contributed by atoms with Gasteiger partial charge in [-0.05, 0) is 79.1 Å². The normalized spacial score (nSPS) is 11.5. The van der Waals surface area contributed by atoms with Crippen molar-refractivity contribution in [3.05, 3.63) is 137 Å². The molecule has 2 aliphatic rings. The fourth-order valence-corrected chi connectivity index (χ4v) is 6.77. The Morgan fingerprint density at radius 1 is 0.688 bits per heavy atom. The van der Waals surface area contributed by atoms with Crippen LogP contribution in [0, 0.1) is 13.8 Å². The van der Waals surface area contributed by atoms with Crippen LogP contribution in [-0.4, -0.2) is 35.7 Å². The van der Waals surface area contributed by atoms with Crippen LogP contribution in [0.1, 0.15) is 11.1 Å². The molecule has 0 saturated carbocycles. The summed E-state index contributed by atoms with van der Waals surface area (Å²) >= 11 is 0. The van der Waals surface area contributed by atoms with E-state index in [1.54, 1.807) is 6.07 Å². The van der Waals surface area contributed by atoms with Gasteiger partial charge in [-0.3, -0.25) is 4.79 Å². The minimum Gasteiger partial charge on any atom is -0.388 e. The molecular formula is C41H35N6O+. The lowest BCUT2D eigenvalue weighted by Crippen LogP contribution is -2.33.